The molecule has 2 aromatic heterocycles. The monoisotopic (exact) mass is 405 g/mol. The average molecular weight is 406 g/mol. The minimum atomic E-state index is -0.246. The Bertz CT molecular complexity index is 1180. The van der Waals surface area contributed by atoms with E-state index in [1.165, 1.54) is 6.20 Å². The molecule has 9 heteroatoms. The van der Waals surface area contributed by atoms with Gasteiger partial charge in [0.25, 0.3) is 5.91 Å². The van der Waals surface area contributed by atoms with E-state index in [1.807, 2.05) is 41.1 Å². The van der Waals surface area contributed by atoms with Crippen LogP contribution in [0.2, 0.25) is 5.02 Å². The van der Waals surface area contributed by atoms with Gasteiger partial charge in [-0.2, -0.15) is 5.10 Å². The van der Waals surface area contributed by atoms with Crippen molar-refractivity contribution in [1.29, 1.82) is 0 Å². The molecule has 0 bridgehead atoms. The summed E-state index contributed by atoms with van der Waals surface area (Å²) in [7, 11) is 0. The second-order valence-corrected chi connectivity index (χ2v) is 7.30. The molecule has 2 heterocycles. The standard InChI is InChI=1S/C20H16ClN7O/c21-15-4-6-17(7-5-15)27-12-14(11-22-27)20(29)23-16-3-1-2-13(10-16)19-24-25-26-28(19)18-8-9-18/h1-7,10-12,18H,8-9H2,(H,23,29). The van der Waals surface area contributed by atoms with Gasteiger partial charge in [0, 0.05) is 22.5 Å². The van der Waals surface area contributed by atoms with Crippen LogP contribution in [0, 0.1) is 0 Å². The Labute approximate surface area is 171 Å². The van der Waals surface area contributed by atoms with E-state index >= 15 is 0 Å². The van der Waals surface area contributed by atoms with Gasteiger partial charge in [0.05, 0.1) is 23.5 Å². The summed E-state index contributed by atoms with van der Waals surface area (Å²) in [4.78, 5) is 12.7. The molecule has 0 spiro atoms. The predicted octanol–water partition coefficient (Wildman–Crippen LogP) is 3.77. The van der Waals surface area contributed by atoms with Gasteiger partial charge in [-0.15, -0.1) is 5.10 Å². The average Bonchev–Trinajstić information content (AvgIpc) is 3.26. The third-order valence-electron chi connectivity index (χ3n) is 4.70. The number of aromatic nitrogens is 6. The second kappa shape index (κ2) is 7.14. The fraction of sp³-hybridized carbons (Fsp3) is 0.150. The van der Waals surface area contributed by atoms with Gasteiger partial charge in [-0.05, 0) is 59.7 Å². The molecule has 0 atom stereocenters. The minimum Gasteiger partial charge on any atom is -0.322 e. The number of carbonyl (C=O) groups is 1. The van der Waals surface area contributed by atoms with E-state index in [1.54, 1.807) is 23.0 Å². The minimum absolute atomic E-state index is 0.246. The molecule has 0 aliphatic heterocycles. The normalized spacial score (nSPS) is 13.4. The maximum Gasteiger partial charge on any atom is 0.258 e. The van der Waals surface area contributed by atoms with Gasteiger partial charge in [0.15, 0.2) is 5.82 Å². The lowest BCUT2D eigenvalue weighted by molar-refractivity contribution is 0.102. The number of benzene rings is 2. The molecule has 1 amide bonds. The van der Waals surface area contributed by atoms with Gasteiger partial charge in [0.1, 0.15) is 0 Å². The maximum absolute atomic E-state index is 12.7. The van der Waals surface area contributed by atoms with Crippen molar-refractivity contribution in [2.45, 2.75) is 18.9 Å². The first-order valence-electron chi connectivity index (χ1n) is 9.18. The van der Waals surface area contributed by atoms with Crippen LogP contribution < -0.4 is 5.32 Å². The maximum atomic E-state index is 12.7. The Kier molecular flexibility index (Phi) is 4.33. The van der Waals surface area contributed by atoms with Crippen LogP contribution in [0.1, 0.15) is 29.2 Å². The zero-order valence-corrected chi connectivity index (χ0v) is 16.0. The lowest BCUT2D eigenvalue weighted by Crippen LogP contribution is -2.11. The number of hydrogen-bond acceptors (Lipinski definition) is 5. The Morgan fingerprint density at radius 3 is 2.76 bits per heavy atom. The van der Waals surface area contributed by atoms with E-state index in [0.717, 1.165) is 24.1 Å². The van der Waals surface area contributed by atoms with Crippen LogP contribution in [0.5, 0.6) is 0 Å². The summed E-state index contributed by atoms with van der Waals surface area (Å²) in [5.41, 5.74) is 2.80. The highest BCUT2D eigenvalue weighted by atomic mass is 35.5. The molecule has 29 heavy (non-hydrogen) atoms. The van der Waals surface area contributed by atoms with Crippen molar-refractivity contribution in [3.8, 4) is 17.1 Å². The van der Waals surface area contributed by atoms with Gasteiger partial charge in [-0.25, -0.2) is 9.36 Å². The summed E-state index contributed by atoms with van der Waals surface area (Å²) < 4.78 is 3.47. The van der Waals surface area contributed by atoms with Crippen LogP contribution in [0.4, 0.5) is 5.69 Å². The first-order chi connectivity index (χ1) is 14.2. The van der Waals surface area contributed by atoms with Crippen LogP contribution in [0.15, 0.2) is 60.9 Å². The molecule has 0 unspecified atom stereocenters. The van der Waals surface area contributed by atoms with E-state index < -0.39 is 0 Å². The van der Waals surface area contributed by atoms with Gasteiger partial charge in [0.2, 0.25) is 0 Å². The quantitative estimate of drug-likeness (QED) is 0.545. The van der Waals surface area contributed by atoms with Gasteiger partial charge < -0.3 is 5.32 Å². The molecule has 0 saturated heterocycles. The number of carbonyl (C=O) groups excluding carboxylic acids is 1. The predicted molar refractivity (Wildman–Crippen MR) is 108 cm³/mol. The Balaban J connectivity index is 1.35. The molecule has 1 aliphatic rings. The summed E-state index contributed by atoms with van der Waals surface area (Å²) in [6.07, 6.45) is 5.38. The lowest BCUT2D eigenvalue weighted by Gasteiger charge is -2.07. The van der Waals surface area contributed by atoms with Crippen LogP contribution >= 0.6 is 11.6 Å². The van der Waals surface area contributed by atoms with Crippen molar-refractivity contribution in [3.63, 3.8) is 0 Å². The smallest absolute Gasteiger partial charge is 0.258 e. The van der Waals surface area contributed by atoms with E-state index in [-0.39, 0.29) is 5.91 Å². The zero-order valence-electron chi connectivity index (χ0n) is 15.2. The van der Waals surface area contributed by atoms with Crippen LogP contribution in [0.3, 0.4) is 0 Å². The molecule has 2 aromatic carbocycles. The first kappa shape index (κ1) is 17.6. The van der Waals surface area contributed by atoms with Crippen molar-refractivity contribution >= 4 is 23.2 Å². The molecule has 4 aromatic rings. The number of halogens is 1. The van der Waals surface area contributed by atoms with E-state index in [4.69, 9.17) is 11.6 Å². The number of tetrazole rings is 1. The lowest BCUT2D eigenvalue weighted by atomic mass is 10.2. The number of amides is 1. The van der Waals surface area contributed by atoms with Crippen LogP contribution in [-0.2, 0) is 0 Å². The molecule has 1 saturated carbocycles. The number of hydrogen-bond donors (Lipinski definition) is 1. The van der Waals surface area contributed by atoms with Gasteiger partial charge in [-0.3, -0.25) is 4.79 Å². The SMILES string of the molecule is O=C(Nc1cccc(-c2nnnn2C2CC2)c1)c1cnn(-c2ccc(Cl)cc2)c1. The van der Waals surface area contributed by atoms with E-state index in [9.17, 15) is 4.79 Å². The molecule has 1 N–H and O–H groups in total. The van der Waals surface area contributed by atoms with E-state index in [2.05, 4.69) is 25.9 Å². The fourth-order valence-corrected chi connectivity index (χ4v) is 3.19. The molecule has 8 nitrogen and oxygen atoms in total. The number of nitrogens with one attached hydrogen (secondary N) is 1. The van der Waals surface area contributed by atoms with Crippen molar-refractivity contribution in [2.75, 3.05) is 5.32 Å². The first-order valence-corrected chi connectivity index (χ1v) is 9.55. The third-order valence-corrected chi connectivity index (χ3v) is 4.95. The molecule has 144 valence electrons. The van der Waals surface area contributed by atoms with Crippen LogP contribution in [0.25, 0.3) is 17.1 Å². The number of nitrogens with zero attached hydrogens (tertiary/aromatic N) is 6. The molecule has 1 aliphatic carbocycles. The molecular weight excluding hydrogens is 390 g/mol. The summed E-state index contributed by atoms with van der Waals surface area (Å²) >= 11 is 5.92. The summed E-state index contributed by atoms with van der Waals surface area (Å²) in [6.45, 7) is 0. The summed E-state index contributed by atoms with van der Waals surface area (Å²) in [5, 5.41) is 19.8. The third kappa shape index (κ3) is 3.62. The van der Waals surface area contributed by atoms with Gasteiger partial charge in [-0.1, -0.05) is 23.7 Å². The molecule has 5 rings (SSSR count). The number of anilines is 1. The second-order valence-electron chi connectivity index (χ2n) is 6.86. The largest absolute Gasteiger partial charge is 0.322 e. The molecule has 0 radical (unpaired) electrons. The molecular formula is C20H16ClN7O. The topological polar surface area (TPSA) is 90.5 Å². The fourth-order valence-electron chi connectivity index (χ4n) is 3.06. The van der Waals surface area contributed by atoms with Crippen molar-refractivity contribution in [1.82, 2.24) is 30.0 Å². The Hall–Kier alpha value is -3.52. The zero-order chi connectivity index (χ0) is 19.8. The molecule has 1 fully saturated rings. The van der Waals surface area contributed by atoms with E-state index in [0.29, 0.717) is 28.1 Å². The van der Waals surface area contributed by atoms with Crippen molar-refractivity contribution in [2.24, 2.45) is 0 Å². The number of rotatable bonds is 5. The highest BCUT2D eigenvalue weighted by molar-refractivity contribution is 6.30. The van der Waals surface area contributed by atoms with Crippen molar-refractivity contribution in [3.05, 3.63) is 71.5 Å². The van der Waals surface area contributed by atoms with Crippen LogP contribution in [-0.4, -0.2) is 35.9 Å². The summed E-state index contributed by atoms with van der Waals surface area (Å²) in [5.74, 6) is 0.461. The highest BCUT2D eigenvalue weighted by Crippen LogP contribution is 2.36. The highest BCUT2D eigenvalue weighted by Gasteiger charge is 2.28. The Morgan fingerprint density at radius 1 is 1.14 bits per heavy atom. The van der Waals surface area contributed by atoms with Gasteiger partial charge >= 0.3 is 0 Å². The summed E-state index contributed by atoms with van der Waals surface area (Å²) in [6, 6.07) is 15.1. The van der Waals surface area contributed by atoms with Crippen molar-refractivity contribution < 1.29 is 4.79 Å². The Morgan fingerprint density at radius 2 is 1.97 bits per heavy atom.